The Hall–Kier alpha value is -3.23. The second-order valence-corrected chi connectivity index (χ2v) is 8.36. The first kappa shape index (κ1) is 27.0. The summed E-state index contributed by atoms with van der Waals surface area (Å²) < 4.78 is 7.45. The Morgan fingerprint density at radius 3 is 2.62 bits per heavy atom. The smallest absolute Gasteiger partial charge is 0.394 e. The number of aliphatic hydroxyl groups excluding tert-OH is 2. The van der Waals surface area contributed by atoms with Crippen molar-refractivity contribution < 1.29 is 14.9 Å². The summed E-state index contributed by atoms with van der Waals surface area (Å²) in [5, 5.41) is 23.4. The third-order valence-electron chi connectivity index (χ3n) is 5.33. The number of hydrogen-bond donors (Lipinski definition) is 4. The van der Waals surface area contributed by atoms with Crippen molar-refractivity contribution in [3.05, 3.63) is 16.7 Å². The predicted octanol–water partition coefficient (Wildman–Crippen LogP) is 1.24. The van der Waals surface area contributed by atoms with Crippen molar-refractivity contribution in [1.29, 1.82) is 0 Å². The molecule has 4 N–H and O–H groups in total. The Morgan fingerprint density at radius 1 is 1.38 bits per heavy atom. The number of H-pyrrole nitrogens is 1. The third kappa shape index (κ3) is 6.43. The summed E-state index contributed by atoms with van der Waals surface area (Å²) in [7, 11) is 0. The molecule has 0 amide bonds. The molecule has 2 aromatic heterocycles. The Morgan fingerprint density at radius 2 is 2.09 bits per heavy atom. The SMILES string of the molecule is C#CB(C#C)C#CC.CCC[C@@H]1C(O)[C@H](n2cnc3c(=O)[nH]c(NCC(C)C)nc32)O[C@@H]1CO. The van der Waals surface area contributed by atoms with Gasteiger partial charge in [0.2, 0.25) is 5.95 Å². The van der Waals surface area contributed by atoms with Crippen LogP contribution in [0.15, 0.2) is 11.1 Å². The van der Waals surface area contributed by atoms with E-state index >= 15 is 0 Å². The molecule has 3 heterocycles. The number of terminal acetylenes is 2. The Bertz CT molecular complexity index is 1140. The standard InChI is InChI=1S/C17H27N5O4.C7H5B/c1-4-5-10-11(7-23)26-16(13(10)24)22-8-19-12-14(22)20-17(21-15(12)25)18-6-9(2)3;1-4-7-8(5-2)6-3/h8-11,13,16,23-24H,4-7H2,1-3H3,(H2,18,20,21,25);2-3H,1H3/t10-,11+,13?,16+;/m0./s1. The maximum Gasteiger partial charge on any atom is 0.394 e. The largest absolute Gasteiger partial charge is 0.394 e. The molecule has 2 aromatic rings. The number of imidazole rings is 1. The molecule has 34 heavy (non-hydrogen) atoms. The molecule has 0 saturated carbocycles. The van der Waals surface area contributed by atoms with Crippen LogP contribution in [0.5, 0.6) is 0 Å². The van der Waals surface area contributed by atoms with Crippen LogP contribution >= 0.6 is 0 Å². The highest BCUT2D eigenvalue weighted by Gasteiger charge is 2.44. The average Bonchev–Trinajstić information content (AvgIpc) is 3.38. The number of aliphatic hydroxyl groups is 2. The van der Waals surface area contributed by atoms with Gasteiger partial charge in [-0.25, -0.2) is 4.98 Å². The highest BCUT2D eigenvalue weighted by molar-refractivity contribution is 6.82. The molecule has 0 bridgehead atoms. The molecule has 1 aliphatic rings. The second kappa shape index (κ2) is 12.9. The van der Waals surface area contributed by atoms with Crippen molar-refractivity contribution in [1.82, 2.24) is 19.5 Å². The van der Waals surface area contributed by atoms with Crippen LogP contribution in [0, 0.1) is 48.1 Å². The highest BCUT2D eigenvalue weighted by Crippen LogP contribution is 2.37. The van der Waals surface area contributed by atoms with E-state index in [1.807, 2.05) is 6.92 Å². The van der Waals surface area contributed by atoms with Gasteiger partial charge in [-0.1, -0.05) is 27.2 Å². The van der Waals surface area contributed by atoms with Crippen molar-refractivity contribution >= 4 is 23.8 Å². The van der Waals surface area contributed by atoms with Crippen molar-refractivity contribution in [3.8, 4) is 36.2 Å². The van der Waals surface area contributed by atoms with E-state index in [4.69, 9.17) is 17.6 Å². The Balaban J connectivity index is 0.000000440. The maximum atomic E-state index is 12.3. The molecule has 0 aliphatic carbocycles. The monoisotopic (exact) mass is 465 g/mol. The summed E-state index contributed by atoms with van der Waals surface area (Å²) in [6, 6.07) is 0. The van der Waals surface area contributed by atoms with E-state index in [0.717, 1.165) is 12.8 Å². The van der Waals surface area contributed by atoms with Crippen LogP contribution in [-0.4, -0.2) is 61.8 Å². The van der Waals surface area contributed by atoms with Gasteiger partial charge in [-0.2, -0.15) is 4.98 Å². The number of aromatic nitrogens is 4. The van der Waals surface area contributed by atoms with Gasteiger partial charge in [0, 0.05) is 12.5 Å². The minimum absolute atomic E-state index is 0.167. The summed E-state index contributed by atoms with van der Waals surface area (Å²) in [4.78, 5) is 23.5. The molecular formula is C24H32BN5O4. The molecular weight excluding hydrogens is 433 g/mol. The van der Waals surface area contributed by atoms with E-state index in [1.54, 1.807) is 11.5 Å². The normalized spacial score (nSPS) is 21.1. The average molecular weight is 465 g/mol. The topological polar surface area (TPSA) is 125 Å². The number of ether oxygens (including phenoxy) is 1. The second-order valence-electron chi connectivity index (χ2n) is 8.36. The summed E-state index contributed by atoms with van der Waals surface area (Å²) in [6.07, 6.45) is 11.0. The molecule has 1 unspecified atom stereocenters. The molecule has 0 radical (unpaired) electrons. The number of anilines is 1. The minimum Gasteiger partial charge on any atom is -0.394 e. The molecule has 3 rings (SSSR count). The third-order valence-corrected chi connectivity index (χ3v) is 5.33. The van der Waals surface area contributed by atoms with Crippen molar-refractivity contribution in [2.75, 3.05) is 18.5 Å². The molecule has 1 aliphatic heterocycles. The van der Waals surface area contributed by atoms with Crippen LogP contribution in [0.1, 0.15) is 46.8 Å². The number of rotatable bonds is 7. The fraction of sp³-hybridized carbons (Fsp3) is 0.542. The lowest BCUT2D eigenvalue weighted by atomic mass is 9.53. The van der Waals surface area contributed by atoms with Gasteiger partial charge in [-0.3, -0.25) is 14.3 Å². The minimum atomic E-state index is -0.808. The molecule has 0 spiro atoms. The number of aromatic amines is 1. The van der Waals surface area contributed by atoms with Gasteiger partial charge in [-0.15, -0.1) is 36.2 Å². The molecule has 9 nitrogen and oxygen atoms in total. The number of fused-ring (bicyclic) bond motifs is 1. The Labute approximate surface area is 200 Å². The first-order valence-corrected chi connectivity index (χ1v) is 11.3. The van der Waals surface area contributed by atoms with Crippen LogP contribution < -0.4 is 10.9 Å². The quantitative estimate of drug-likeness (QED) is 0.358. The number of nitrogens with one attached hydrogen (secondary N) is 2. The van der Waals surface area contributed by atoms with E-state index in [9.17, 15) is 15.0 Å². The van der Waals surface area contributed by atoms with Crippen LogP contribution in [-0.2, 0) is 4.74 Å². The van der Waals surface area contributed by atoms with E-state index in [-0.39, 0.29) is 30.3 Å². The lowest BCUT2D eigenvalue weighted by molar-refractivity contribution is -0.0493. The summed E-state index contributed by atoms with van der Waals surface area (Å²) >= 11 is 0. The van der Waals surface area contributed by atoms with Crippen LogP contribution in [0.25, 0.3) is 11.2 Å². The summed E-state index contributed by atoms with van der Waals surface area (Å²) in [6.45, 7) is 8.03. The highest BCUT2D eigenvalue weighted by atomic mass is 16.5. The van der Waals surface area contributed by atoms with Crippen LogP contribution in [0.4, 0.5) is 5.95 Å². The molecule has 10 heteroatoms. The van der Waals surface area contributed by atoms with Gasteiger partial charge in [0.15, 0.2) is 17.4 Å². The fourth-order valence-corrected chi connectivity index (χ4v) is 3.66. The van der Waals surface area contributed by atoms with E-state index in [2.05, 4.69) is 57.5 Å². The van der Waals surface area contributed by atoms with E-state index < -0.39 is 18.4 Å². The first-order chi connectivity index (χ1) is 16.3. The predicted molar refractivity (Wildman–Crippen MR) is 134 cm³/mol. The van der Waals surface area contributed by atoms with Gasteiger partial charge in [0.1, 0.15) is 6.10 Å². The number of nitrogens with zero attached hydrogens (tertiary/aromatic N) is 3. The van der Waals surface area contributed by atoms with E-state index in [0.29, 0.717) is 24.1 Å². The summed E-state index contributed by atoms with van der Waals surface area (Å²) in [5.74, 6) is 10.6. The van der Waals surface area contributed by atoms with E-state index in [1.165, 1.54) is 6.33 Å². The van der Waals surface area contributed by atoms with Gasteiger partial charge < -0.3 is 20.3 Å². The van der Waals surface area contributed by atoms with Gasteiger partial charge in [0.25, 0.3) is 5.56 Å². The van der Waals surface area contributed by atoms with Gasteiger partial charge in [-0.05, 0) is 19.3 Å². The lowest BCUT2D eigenvalue weighted by Crippen LogP contribution is -2.28. The zero-order valence-electron chi connectivity index (χ0n) is 20.1. The van der Waals surface area contributed by atoms with Crippen LogP contribution in [0.2, 0.25) is 0 Å². The van der Waals surface area contributed by atoms with Gasteiger partial charge >= 0.3 is 6.71 Å². The molecule has 1 saturated heterocycles. The molecule has 4 atom stereocenters. The van der Waals surface area contributed by atoms with Crippen molar-refractivity contribution in [2.24, 2.45) is 11.8 Å². The molecule has 0 aromatic carbocycles. The lowest BCUT2D eigenvalue weighted by Gasteiger charge is -2.18. The summed E-state index contributed by atoms with van der Waals surface area (Å²) in [5.41, 5.74) is 0.185. The van der Waals surface area contributed by atoms with Crippen molar-refractivity contribution in [3.63, 3.8) is 0 Å². The first-order valence-electron chi connectivity index (χ1n) is 11.3. The van der Waals surface area contributed by atoms with Crippen molar-refractivity contribution in [2.45, 2.75) is 59.0 Å². The zero-order chi connectivity index (χ0) is 25.3. The zero-order valence-corrected chi connectivity index (χ0v) is 20.1. The maximum absolute atomic E-state index is 12.3. The number of hydrogen-bond acceptors (Lipinski definition) is 7. The molecule has 1 fully saturated rings. The van der Waals surface area contributed by atoms with Gasteiger partial charge in [0.05, 0.1) is 19.0 Å². The Kier molecular flexibility index (Phi) is 10.2. The van der Waals surface area contributed by atoms with Crippen LogP contribution in [0.3, 0.4) is 0 Å². The fourth-order valence-electron chi connectivity index (χ4n) is 3.66. The molecule has 180 valence electrons.